The Labute approximate surface area is 114 Å². The molecule has 0 bridgehead atoms. The van der Waals surface area contributed by atoms with Crippen LogP contribution in [0.3, 0.4) is 0 Å². The van der Waals surface area contributed by atoms with E-state index in [1.807, 2.05) is 30.3 Å². The number of carbonyl (C=O) groups is 1. The van der Waals surface area contributed by atoms with Crippen molar-refractivity contribution in [2.24, 2.45) is 5.73 Å². The number of urea groups is 1. The molecular formula is C14H22N4O. The predicted octanol–water partition coefficient (Wildman–Crippen LogP) is 1.62. The number of amides is 2. The maximum atomic E-state index is 12.4. The second kappa shape index (κ2) is 5.17. The van der Waals surface area contributed by atoms with Crippen LogP contribution in [-0.2, 0) is 0 Å². The van der Waals surface area contributed by atoms with Crippen molar-refractivity contribution < 1.29 is 4.79 Å². The van der Waals surface area contributed by atoms with E-state index < -0.39 is 0 Å². The van der Waals surface area contributed by atoms with Crippen LogP contribution < -0.4 is 5.73 Å². The lowest BCUT2D eigenvalue weighted by Crippen LogP contribution is -2.47. The largest absolute Gasteiger partial charge is 0.330 e. The highest BCUT2D eigenvalue weighted by molar-refractivity contribution is 5.78. The third-order valence-corrected chi connectivity index (χ3v) is 3.91. The average molecular weight is 262 g/mol. The number of nitrogens with zero attached hydrogens (tertiary/aromatic N) is 3. The van der Waals surface area contributed by atoms with Gasteiger partial charge in [0.1, 0.15) is 0 Å². The summed E-state index contributed by atoms with van der Waals surface area (Å²) in [5, 5.41) is 0. The van der Waals surface area contributed by atoms with Crippen molar-refractivity contribution in [1.82, 2.24) is 14.8 Å². The van der Waals surface area contributed by atoms with Crippen molar-refractivity contribution in [2.75, 3.05) is 20.1 Å². The molecule has 1 atom stereocenters. The number of rotatable bonds is 4. The molecule has 1 aromatic rings. The van der Waals surface area contributed by atoms with Gasteiger partial charge in [0, 0.05) is 31.5 Å². The number of pyridine rings is 1. The van der Waals surface area contributed by atoms with Gasteiger partial charge in [-0.3, -0.25) is 4.98 Å². The lowest BCUT2D eigenvalue weighted by molar-refractivity contribution is 0.145. The molecule has 5 heteroatoms. The van der Waals surface area contributed by atoms with Crippen LogP contribution in [0.4, 0.5) is 4.79 Å². The number of carbonyl (C=O) groups excluding carboxylic acids is 1. The van der Waals surface area contributed by atoms with Gasteiger partial charge in [0.2, 0.25) is 0 Å². The van der Waals surface area contributed by atoms with Gasteiger partial charge in [-0.15, -0.1) is 0 Å². The van der Waals surface area contributed by atoms with Gasteiger partial charge in [0.25, 0.3) is 0 Å². The van der Waals surface area contributed by atoms with E-state index in [4.69, 9.17) is 5.73 Å². The van der Waals surface area contributed by atoms with E-state index in [-0.39, 0.29) is 17.6 Å². The molecule has 5 nitrogen and oxygen atoms in total. The second-order valence-electron chi connectivity index (χ2n) is 5.66. The van der Waals surface area contributed by atoms with Crippen molar-refractivity contribution in [3.8, 4) is 0 Å². The molecule has 0 spiro atoms. The van der Waals surface area contributed by atoms with Gasteiger partial charge in [0.05, 0.1) is 6.04 Å². The molecule has 2 heterocycles. The molecule has 2 amide bonds. The zero-order valence-electron chi connectivity index (χ0n) is 11.8. The van der Waals surface area contributed by atoms with Crippen LogP contribution in [0.25, 0.3) is 0 Å². The average Bonchev–Trinajstić information content (AvgIpc) is 2.68. The fraction of sp³-hybridized carbons (Fsp3) is 0.571. The van der Waals surface area contributed by atoms with Crippen molar-refractivity contribution in [2.45, 2.75) is 31.8 Å². The van der Waals surface area contributed by atoms with E-state index in [1.165, 1.54) is 0 Å². The van der Waals surface area contributed by atoms with Crippen molar-refractivity contribution in [1.29, 1.82) is 0 Å². The summed E-state index contributed by atoms with van der Waals surface area (Å²) in [6.45, 7) is 5.40. The molecule has 0 aromatic carbocycles. The lowest BCUT2D eigenvalue weighted by Gasteiger charge is -2.34. The van der Waals surface area contributed by atoms with E-state index >= 15 is 0 Å². The number of hydrogen-bond donors (Lipinski definition) is 1. The Hall–Kier alpha value is -1.62. The molecule has 1 unspecified atom stereocenters. The summed E-state index contributed by atoms with van der Waals surface area (Å²) in [6, 6.07) is 4.05. The van der Waals surface area contributed by atoms with Gasteiger partial charge in [-0.25, -0.2) is 4.79 Å². The Morgan fingerprint density at radius 3 is 2.84 bits per heavy atom. The third kappa shape index (κ3) is 2.56. The van der Waals surface area contributed by atoms with Crippen LogP contribution in [0, 0.1) is 0 Å². The first-order valence-corrected chi connectivity index (χ1v) is 6.62. The SMILES string of the molecule is CN1C(=O)N(C(C)(C)CCN)CC1c1cccnc1. The van der Waals surface area contributed by atoms with E-state index in [9.17, 15) is 4.79 Å². The number of hydrogen-bond acceptors (Lipinski definition) is 3. The highest BCUT2D eigenvalue weighted by atomic mass is 16.2. The Morgan fingerprint density at radius 2 is 2.26 bits per heavy atom. The van der Waals surface area contributed by atoms with Gasteiger partial charge in [-0.2, -0.15) is 0 Å². The monoisotopic (exact) mass is 262 g/mol. The summed E-state index contributed by atoms with van der Waals surface area (Å²) >= 11 is 0. The molecule has 1 aliphatic heterocycles. The minimum atomic E-state index is -0.211. The minimum absolute atomic E-state index is 0.0623. The molecular weight excluding hydrogens is 240 g/mol. The first kappa shape index (κ1) is 13.8. The first-order valence-electron chi connectivity index (χ1n) is 6.62. The van der Waals surface area contributed by atoms with Crippen LogP contribution in [0.5, 0.6) is 0 Å². The first-order chi connectivity index (χ1) is 8.97. The van der Waals surface area contributed by atoms with E-state index in [0.717, 1.165) is 12.0 Å². The Bertz CT molecular complexity index is 446. The van der Waals surface area contributed by atoms with Crippen molar-refractivity contribution in [3.05, 3.63) is 30.1 Å². The number of nitrogens with two attached hydrogens (primary N) is 1. The number of aromatic nitrogens is 1. The fourth-order valence-electron chi connectivity index (χ4n) is 2.59. The highest BCUT2D eigenvalue weighted by Gasteiger charge is 2.42. The molecule has 2 rings (SSSR count). The standard InChI is InChI=1S/C14H22N4O/c1-14(2,6-7-15)18-10-12(17(3)13(18)19)11-5-4-8-16-9-11/h4-5,8-9,12H,6-7,10,15H2,1-3H3. The molecule has 2 N–H and O–H groups in total. The normalized spacial score (nSPS) is 20.2. The summed E-state index contributed by atoms with van der Waals surface area (Å²) in [5.41, 5.74) is 6.51. The third-order valence-electron chi connectivity index (χ3n) is 3.91. The number of likely N-dealkylation sites (N-methyl/N-ethyl adjacent to an activating group) is 1. The fourth-order valence-corrected chi connectivity index (χ4v) is 2.59. The molecule has 0 radical (unpaired) electrons. The van der Waals surface area contributed by atoms with Gasteiger partial charge in [0.15, 0.2) is 0 Å². The summed E-state index contributed by atoms with van der Waals surface area (Å²) in [6.07, 6.45) is 4.37. The zero-order chi connectivity index (χ0) is 14.0. The Morgan fingerprint density at radius 1 is 1.53 bits per heavy atom. The predicted molar refractivity (Wildman–Crippen MR) is 74.6 cm³/mol. The Balaban J connectivity index is 2.22. The summed E-state index contributed by atoms with van der Waals surface area (Å²) in [5.74, 6) is 0. The van der Waals surface area contributed by atoms with Crippen molar-refractivity contribution >= 4 is 6.03 Å². The topological polar surface area (TPSA) is 62.5 Å². The van der Waals surface area contributed by atoms with E-state index in [0.29, 0.717) is 13.1 Å². The molecule has 1 fully saturated rings. The maximum absolute atomic E-state index is 12.4. The van der Waals surface area contributed by atoms with E-state index in [1.54, 1.807) is 11.1 Å². The van der Waals surface area contributed by atoms with Crippen LogP contribution in [-0.4, -0.2) is 46.5 Å². The summed E-state index contributed by atoms with van der Waals surface area (Å²) in [7, 11) is 1.85. The zero-order valence-corrected chi connectivity index (χ0v) is 11.8. The molecule has 0 saturated carbocycles. The maximum Gasteiger partial charge on any atom is 0.320 e. The molecule has 1 aliphatic rings. The van der Waals surface area contributed by atoms with Crippen LogP contribution in [0.2, 0.25) is 0 Å². The molecule has 1 saturated heterocycles. The minimum Gasteiger partial charge on any atom is -0.330 e. The van der Waals surface area contributed by atoms with Crippen LogP contribution in [0.1, 0.15) is 31.9 Å². The van der Waals surface area contributed by atoms with Crippen LogP contribution in [0.15, 0.2) is 24.5 Å². The van der Waals surface area contributed by atoms with Gasteiger partial charge in [-0.1, -0.05) is 6.07 Å². The summed E-state index contributed by atoms with van der Waals surface area (Å²) in [4.78, 5) is 20.2. The Kier molecular flexibility index (Phi) is 3.75. The van der Waals surface area contributed by atoms with Crippen molar-refractivity contribution in [3.63, 3.8) is 0 Å². The molecule has 1 aromatic heterocycles. The highest BCUT2D eigenvalue weighted by Crippen LogP contribution is 2.33. The lowest BCUT2D eigenvalue weighted by atomic mass is 9.98. The molecule has 0 aliphatic carbocycles. The quantitative estimate of drug-likeness (QED) is 0.896. The molecule has 104 valence electrons. The van der Waals surface area contributed by atoms with Gasteiger partial charge < -0.3 is 15.5 Å². The van der Waals surface area contributed by atoms with Gasteiger partial charge in [-0.05, 0) is 38.4 Å². The van der Waals surface area contributed by atoms with Crippen LogP contribution >= 0.6 is 0 Å². The van der Waals surface area contributed by atoms with Gasteiger partial charge >= 0.3 is 6.03 Å². The smallest absolute Gasteiger partial charge is 0.320 e. The molecule has 19 heavy (non-hydrogen) atoms. The summed E-state index contributed by atoms with van der Waals surface area (Å²) < 4.78 is 0. The second-order valence-corrected chi connectivity index (χ2v) is 5.66. The van der Waals surface area contributed by atoms with E-state index in [2.05, 4.69) is 18.8 Å².